The van der Waals surface area contributed by atoms with Crippen LogP contribution >= 0.6 is 0 Å². The van der Waals surface area contributed by atoms with Crippen molar-refractivity contribution >= 4 is 29.5 Å². The molecule has 140 heavy (non-hydrogen) atoms. The van der Waals surface area contributed by atoms with Crippen molar-refractivity contribution in [3.8, 4) is 0 Å². The van der Waals surface area contributed by atoms with Crippen molar-refractivity contribution in [2.24, 2.45) is 86.0 Å². The Labute approximate surface area is 843 Å². The second kappa shape index (κ2) is 152. The van der Waals surface area contributed by atoms with Crippen LogP contribution in [0, 0.1) is 0 Å². The molecule has 0 bridgehead atoms. The van der Waals surface area contributed by atoms with Gasteiger partial charge in [0, 0.05) is 115 Å². The van der Waals surface area contributed by atoms with E-state index in [-0.39, 0.29) is 26.4 Å². The lowest BCUT2D eigenvalue weighted by molar-refractivity contribution is -0.120. The first kappa shape index (κ1) is 156. The highest BCUT2D eigenvalue weighted by molar-refractivity contribution is 5.81. The van der Waals surface area contributed by atoms with Crippen molar-refractivity contribution in [1.29, 1.82) is 0 Å². The van der Waals surface area contributed by atoms with Gasteiger partial charge in [-0.15, -0.1) is 0 Å². The van der Waals surface area contributed by atoms with E-state index in [0.29, 0.717) is 178 Å². The third-order valence-corrected chi connectivity index (χ3v) is 17.9. The van der Waals surface area contributed by atoms with Gasteiger partial charge in [0.25, 0.3) is 0 Å². The van der Waals surface area contributed by atoms with E-state index in [4.69, 9.17) is 177 Å². The number of methoxy groups -OCH3 is 5. The molecule has 0 heterocycles. The molecule has 0 spiro atoms. The summed E-state index contributed by atoms with van der Waals surface area (Å²) in [4.78, 5) is 52.6. The quantitative estimate of drug-likeness (QED) is 0.0202. The van der Waals surface area contributed by atoms with Gasteiger partial charge < -0.3 is 177 Å². The number of nitrogens with one attached hydrogen (secondary N) is 10. The van der Waals surface area contributed by atoms with Gasteiger partial charge in [0.15, 0.2) is 0 Å². The molecule has 49 nitrogen and oxygen atoms in total. The maximum Gasteiger partial charge on any atom is 0.235 e. The first-order valence-corrected chi connectivity index (χ1v) is 50.5. The van der Waals surface area contributed by atoms with Gasteiger partial charge in [-0.25, -0.2) is 0 Å². The van der Waals surface area contributed by atoms with Gasteiger partial charge in [0.2, 0.25) is 29.5 Å². The summed E-state index contributed by atoms with van der Waals surface area (Å²) in [6.07, 6.45) is 30.7. The maximum absolute atomic E-state index is 10.6. The zero-order chi connectivity index (χ0) is 106. The van der Waals surface area contributed by atoms with Gasteiger partial charge in [-0.1, -0.05) is 51.9 Å². The highest BCUT2D eigenvalue weighted by Crippen LogP contribution is 2.00. The summed E-state index contributed by atoms with van der Waals surface area (Å²) in [6.45, 7) is 30.0. The van der Waals surface area contributed by atoms with Gasteiger partial charge in [0.05, 0.1) is 157 Å². The van der Waals surface area contributed by atoms with E-state index in [9.17, 15) is 24.0 Å². The van der Waals surface area contributed by atoms with E-state index >= 15 is 0 Å². The SMILES string of the molecule is CCCCOCNCCC(N)C(N)=O.COCCCOCNCC(N)C(N)=O.COCCCOCNCCCC(N)C(N)=O.COCCCOCNCCCCCCN.COCCCOCNCCCCCN.COCCCOCNCCCCN.NC(=O)C(N)CCOCNCCCO.NC(=O)C(N)CNCOCCCO.NCCCCCCNCOCCCO.NCCCCCNCOCCCO. The lowest BCUT2D eigenvalue weighted by Crippen LogP contribution is -2.44. The van der Waals surface area contributed by atoms with Gasteiger partial charge in [-0.05, 0) is 239 Å². The molecule has 5 unspecified atom stereocenters. The molecular weight excluding hydrogens is 1830 g/mol. The number of hydrogen-bond acceptors (Lipinski definition) is 44. The molecule has 0 saturated carbocycles. The van der Waals surface area contributed by atoms with Crippen LogP contribution in [0.3, 0.4) is 0 Å². The second-order valence-electron chi connectivity index (χ2n) is 31.2. The largest absolute Gasteiger partial charge is 0.396 e. The molecule has 0 aliphatic rings. The number of nitrogens with two attached hydrogens (primary N) is 15. The number of aliphatic hydroxyl groups is 4. The number of unbranched alkanes of at least 4 members (excludes halogenated alkanes) is 12. The Bertz CT molecular complexity index is 2060. The Hall–Kier alpha value is -4.21. The van der Waals surface area contributed by atoms with Crippen LogP contribution < -0.4 is 139 Å². The average Bonchev–Trinajstić information content (AvgIpc) is 1.03. The molecular formula is C91H217N25O24. The summed E-state index contributed by atoms with van der Waals surface area (Å²) in [7, 11) is 8.42. The highest BCUT2D eigenvalue weighted by atomic mass is 16.5. The summed E-state index contributed by atoms with van der Waals surface area (Å²) < 4.78 is 76.6. The Morgan fingerprint density at radius 3 is 0.671 bits per heavy atom. The van der Waals surface area contributed by atoms with E-state index in [1.807, 2.05) is 0 Å². The molecule has 0 fully saturated rings. The molecule has 0 radical (unpaired) electrons. The molecule has 0 rings (SSSR count). The van der Waals surface area contributed by atoms with Crippen molar-refractivity contribution in [3.05, 3.63) is 0 Å². The first-order valence-electron chi connectivity index (χ1n) is 50.5. The predicted molar refractivity (Wildman–Crippen MR) is 556 cm³/mol. The zero-order valence-corrected chi connectivity index (χ0v) is 88.0. The lowest BCUT2D eigenvalue weighted by atomic mass is 10.1. The number of aliphatic hydroxyl groups excluding tert-OH is 4. The monoisotopic (exact) mass is 2040 g/mol. The van der Waals surface area contributed by atoms with E-state index in [2.05, 4.69) is 60.1 Å². The third kappa shape index (κ3) is 176. The Kier molecular flexibility index (Phi) is 170. The van der Waals surface area contributed by atoms with Gasteiger partial charge in [-0.2, -0.15) is 0 Å². The third-order valence-electron chi connectivity index (χ3n) is 17.9. The molecule has 850 valence electrons. The van der Waals surface area contributed by atoms with Crippen LogP contribution in [0.2, 0.25) is 0 Å². The number of rotatable bonds is 100. The molecule has 49 heteroatoms. The minimum absolute atomic E-state index is 0.112. The standard InChI is InChI=1S/C11H26N2O2.C10H23N3O3.2C10H24N2O2.C9H21N3O2.2C9H22N2O2.2C8H19N3O3.C7H17N3O3/c1-14-9-6-10-15-11-13-8-5-3-2-4-7-12;1-15-6-3-7-16-8-13-5-2-4-9(11)10(12)14;1-13-8-5-9-14-10-12-7-4-2-3-6-11;11-6-3-1-2-4-7-12-10-14-9-5-8-13;1-2-3-6-14-7-12-5-4-8(10)9(11)13;1-12-7-4-8-13-9-11-6-3-2-5-10;10-5-2-1-3-6-11-9-13-8-4-7-12;1-13-3-2-4-14-6-11-5-7(9)8(10)12;9-7(8(10)13)2-5-14-6-11-3-1-4-12;8-6(7(9)12)4-10-5-13-3-1-2-11/h13H,2-12H2,1H3;9,13H,2-8,11H2,1H3,(H2,12,14);12H,2-11H2,1H3;12-13H,1-11H2;8,12H,2-7,10H2,1H3,(H2,11,13);11H,2-10H2,1H3;11-12H,1-10H2;7,11H,2-6,9H2,1H3,(H2,10,12);7,11-12H,1-6,9H2,(H2,10,13);6,10-11H,1-5,8H2,(H2,9,12). The summed E-state index contributed by atoms with van der Waals surface area (Å²) in [6, 6.07) is -3.06. The van der Waals surface area contributed by atoms with Crippen molar-refractivity contribution in [2.45, 2.75) is 236 Å². The van der Waals surface area contributed by atoms with Crippen molar-refractivity contribution in [2.75, 3.05) is 327 Å². The van der Waals surface area contributed by atoms with E-state index in [1.54, 1.807) is 35.5 Å². The van der Waals surface area contributed by atoms with Crippen LogP contribution in [0.5, 0.6) is 0 Å². The molecule has 5 amide bonds. The summed E-state index contributed by atoms with van der Waals surface area (Å²) in [5, 5.41) is 64.5. The predicted octanol–water partition coefficient (Wildman–Crippen LogP) is -4.33. The first-order chi connectivity index (χ1) is 68.0. The average molecular weight is 2050 g/mol. The Morgan fingerprint density at radius 2 is 0.414 bits per heavy atom. The van der Waals surface area contributed by atoms with Crippen LogP contribution in [-0.4, -0.2) is 407 Å². The van der Waals surface area contributed by atoms with E-state index in [0.717, 1.165) is 227 Å². The Morgan fingerprint density at radius 1 is 0.214 bits per heavy atom. The van der Waals surface area contributed by atoms with Crippen molar-refractivity contribution < 1.29 is 115 Å². The van der Waals surface area contributed by atoms with E-state index < -0.39 is 59.7 Å². The normalized spacial score (nSPS) is 11.7. The Balaban J connectivity index is -0.000000168. The molecule has 0 aliphatic heterocycles. The summed E-state index contributed by atoms with van der Waals surface area (Å²) >= 11 is 0. The molecule has 5 atom stereocenters. The van der Waals surface area contributed by atoms with Gasteiger partial charge in [-0.3, -0.25) is 77.1 Å². The molecule has 0 aliphatic carbocycles. The van der Waals surface area contributed by atoms with Crippen LogP contribution in [-0.2, 0) is 95.0 Å². The number of carbonyl (C=O) groups is 5. The highest BCUT2D eigenvalue weighted by Gasteiger charge is 2.12. The zero-order valence-electron chi connectivity index (χ0n) is 88.0. The van der Waals surface area contributed by atoms with Crippen molar-refractivity contribution in [3.63, 3.8) is 0 Å². The smallest absolute Gasteiger partial charge is 0.235 e. The number of amides is 5. The molecule has 0 aromatic carbocycles. The maximum atomic E-state index is 10.6. The number of carbonyl (C=O) groups excluding carboxylic acids is 5. The minimum Gasteiger partial charge on any atom is -0.396 e. The number of primary amides is 5. The minimum atomic E-state index is -0.679. The van der Waals surface area contributed by atoms with Crippen LogP contribution in [0.4, 0.5) is 0 Å². The molecule has 0 saturated heterocycles. The fourth-order valence-corrected chi connectivity index (χ4v) is 9.50. The van der Waals surface area contributed by atoms with Crippen LogP contribution in [0.15, 0.2) is 0 Å². The lowest BCUT2D eigenvalue weighted by Gasteiger charge is -2.09. The van der Waals surface area contributed by atoms with Crippen molar-refractivity contribution in [1.82, 2.24) is 53.2 Å². The van der Waals surface area contributed by atoms with E-state index in [1.165, 1.54) is 57.8 Å². The van der Waals surface area contributed by atoms with Crippen LogP contribution in [0.1, 0.15) is 206 Å². The molecule has 0 aromatic rings. The van der Waals surface area contributed by atoms with Gasteiger partial charge in [0.1, 0.15) is 0 Å². The fourth-order valence-electron chi connectivity index (χ4n) is 9.50. The molecule has 0 aromatic heterocycles. The number of hydrogen-bond donors (Lipinski definition) is 29. The van der Waals surface area contributed by atoms with Crippen LogP contribution in [0.25, 0.3) is 0 Å². The second-order valence-corrected chi connectivity index (χ2v) is 31.2. The summed E-state index contributed by atoms with van der Waals surface area (Å²) in [5.41, 5.74) is 78.7. The topological polar surface area (TPSA) is 815 Å². The van der Waals surface area contributed by atoms with Gasteiger partial charge >= 0.3 is 0 Å². The summed E-state index contributed by atoms with van der Waals surface area (Å²) in [5.74, 6) is -2.48. The molecule has 44 N–H and O–H groups in total. The number of ether oxygens (including phenoxy) is 15. The fraction of sp³-hybridized carbons (Fsp3) is 0.945.